The molecule has 0 unspecified atom stereocenters. The van der Waals surface area contributed by atoms with Crippen molar-refractivity contribution in [1.82, 2.24) is 24.8 Å². The van der Waals surface area contributed by atoms with E-state index in [4.69, 9.17) is 0 Å². The lowest BCUT2D eigenvalue weighted by Gasteiger charge is -2.47. The van der Waals surface area contributed by atoms with Crippen molar-refractivity contribution < 1.29 is 0 Å². The molecule has 0 radical (unpaired) electrons. The third-order valence-corrected chi connectivity index (χ3v) is 6.12. The third-order valence-electron chi connectivity index (χ3n) is 6.12. The van der Waals surface area contributed by atoms with Gasteiger partial charge < -0.3 is 9.47 Å². The molecule has 2 aliphatic rings. The molecule has 144 valence electrons. The Kier molecular flexibility index (Phi) is 4.22. The lowest BCUT2D eigenvalue weighted by molar-refractivity contribution is 0.200. The number of fused-ring (bicyclic) bond motifs is 4. The van der Waals surface area contributed by atoms with Gasteiger partial charge >= 0.3 is 0 Å². The number of para-hydroxylation sites is 1. The van der Waals surface area contributed by atoms with Crippen molar-refractivity contribution in [2.75, 3.05) is 18.0 Å². The van der Waals surface area contributed by atoms with Gasteiger partial charge in [0.05, 0.1) is 5.69 Å². The Balaban J connectivity index is 1.54. The van der Waals surface area contributed by atoms with Crippen LogP contribution in [0, 0.1) is 5.92 Å². The highest BCUT2D eigenvalue weighted by Gasteiger charge is 2.41. The topological polar surface area (TPSA) is 68.8 Å². The molecule has 0 aliphatic carbocycles. The first-order valence-corrected chi connectivity index (χ1v) is 10.1. The first-order chi connectivity index (χ1) is 13.8. The molecular formula is C21H24N6O. The Labute approximate surface area is 163 Å². The second kappa shape index (κ2) is 6.89. The van der Waals surface area contributed by atoms with Crippen LogP contribution < -0.4 is 10.5 Å². The second-order valence-electron chi connectivity index (χ2n) is 7.84. The van der Waals surface area contributed by atoms with Crippen LogP contribution in [0.15, 0.2) is 53.3 Å². The predicted molar refractivity (Wildman–Crippen MR) is 107 cm³/mol. The lowest BCUT2D eigenvalue weighted by atomic mass is 9.77. The van der Waals surface area contributed by atoms with Crippen LogP contribution in [0.2, 0.25) is 0 Å². The average Bonchev–Trinajstić information content (AvgIpc) is 3.22. The highest BCUT2D eigenvalue weighted by atomic mass is 16.1. The zero-order valence-electron chi connectivity index (χ0n) is 16.0. The molecule has 7 nitrogen and oxygen atoms in total. The lowest BCUT2D eigenvalue weighted by Crippen LogP contribution is -2.50. The van der Waals surface area contributed by atoms with E-state index in [-0.39, 0.29) is 11.6 Å². The Morgan fingerprint density at radius 3 is 2.75 bits per heavy atom. The fraction of sp³-hybridized carbons (Fsp3) is 0.429. The van der Waals surface area contributed by atoms with E-state index in [1.165, 1.54) is 0 Å². The van der Waals surface area contributed by atoms with Crippen molar-refractivity contribution >= 4 is 5.95 Å². The van der Waals surface area contributed by atoms with Crippen LogP contribution in [0.5, 0.6) is 0 Å². The van der Waals surface area contributed by atoms with Gasteiger partial charge in [0.1, 0.15) is 0 Å². The van der Waals surface area contributed by atoms with Gasteiger partial charge in [-0.1, -0.05) is 42.7 Å². The van der Waals surface area contributed by atoms with E-state index in [1.54, 1.807) is 6.07 Å². The van der Waals surface area contributed by atoms with Gasteiger partial charge in [0.25, 0.3) is 5.56 Å². The molecule has 0 N–H and O–H groups in total. The van der Waals surface area contributed by atoms with E-state index < -0.39 is 0 Å². The first-order valence-electron chi connectivity index (χ1n) is 10.1. The first kappa shape index (κ1) is 17.2. The normalized spacial score (nSPS) is 23.5. The van der Waals surface area contributed by atoms with Gasteiger partial charge in [-0.3, -0.25) is 4.79 Å². The second-order valence-corrected chi connectivity index (χ2v) is 7.84. The van der Waals surface area contributed by atoms with Crippen LogP contribution in [-0.2, 0) is 0 Å². The van der Waals surface area contributed by atoms with Gasteiger partial charge in [-0.15, -0.1) is 0 Å². The van der Waals surface area contributed by atoms with Crippen LogP contribution in [0.1, 0.15) is 43.8 Å². The molecule has 7 heteroatoms. The minimum atomic E-state index is 0.133. The average molecular weight is 376 g/mol. The third kappa shape index (κ3) is 2.73. The summed E-state index contributed by atoms with van der Waals surface area (Å²) in [5.41, 5.74) is 2.25. The molecule has 0 spiro atoms. The smallest absolute Gasteiger partial charge is 0.250 e. The molecule has 4 heterocycles. The maximum absolute atomic E-state index is 12.6. The molecule has 0 amide bonds. The van der Waals surface area contributed by atoms with Crippen molar-refractivity contribution in [3.63, 3.8) is 0 Å². The molecule has 3 aromatic rings. The quantitative estimate of drug-likeness (QED) is 0.700. The van der Waals surface area contributed by atoms with Gasteiger partial charge in [0, 0.05) is 36.8 Å². The van der Waals surface area contributed by atoms with Gasteiger partial charge in [-0.2, -0.15) is 4.68 Å². The van der Waals surface area contributed by atoms with Crippen molar-refractivity contribution in [3.05, 3.63) is 64.6 Å². The number of hydrogen-bond donors (Lipinski definition) is 0. The summed E-state index contributed by atoms with van der Waals surface area (Å²) in [7, 11) is 0. The van der Waals surface area contributed by atoms with E-state index in [0.717, 1.165) is 49.7 Å². The number of pyridine rings is 1. The summed E-state index contributed by atoms with van der Waals surface area (Å²) in [5.74, 6) is 1.52. The SMILES string of the molecule is CCC[C@H]1[C@H]2C[C@H](CN(c3nnnn3-c3ccccc3)C2)c2cccc(=O)n21. The zero-order valence-corrected chi connectivity index (χ0v) is 16.0. The van der Waals surface area contributed by atoms with Crippen molar-refractivity contribution in [1.29, 1.82) is 0 Å². The fourth-order valence-electron chi connectivity index (χ4n) is 4.99. The number of aromatic nitrogens is 5. The summed E-state index contributed by atoms with van der Waals surface area (Å²) in [6, 6.07) is 16.0. The minimum absolute atomic E-state index is 0.133. The molecule has 0 saturated carbocycles. The summed E-state index contributed by atoms with van der Waals surface area (Å²) >= 11 is 0. The van der Waals surface area contributed by atoms with Crippen molar-refractivity contribution in [2.45, 2.75) is 38.1 Å². The molecular weight excluding hydrogens is 352 g/mol. The highest BCUT2D eigenvalue weighted by Crippen LogP contribution is 2.43. The summed E-state index contributed by atoms with van der Waals surface area (Å²) in [5, 5.41) is 12.5. The van der Waals surface area contributed by atoms with E-state index in [1.807, 2.05) is 41.1 Å². The van der Waals surface area contributed by atoms with E-state index in [0.29, 0.717) is 11.8 Å². The molecule has 1 saturated heterocycles. The maximum Gasteiger partial charge on any atom is 0.250 e. The van der Waals surface area contributed by atoms with E-state index in [9.17, 15) is 4.79 Å². The molecule has 2 aliphatic heterocycles. The number of tetrazole rings is 1. The van der Waals surface area contributed by atoms with Crippen LogP contribution in [0.3, 0.4) is 0 Å². The van der Waals surface area contributed by atoms with Crippen LogP contribution in [-0.4, -0.2) is 37.9 Å². The van der Waals surface area contributed by atoms with Crippen molar-refractivity contribution in [2.24, 2.45) is 5.92 Å². The Morgan fingerprint density at radius 2 is 1.93 bits per heavy atom. The number of benzene rings is 1. The van der Waals surface area contributed by atoms with Crippen LogP contribution in [0.4, 0.5) is 5.95 Å². The fourth-order valence-corrected chi connectivity index (χ4v) is 4.99. The number of nitrogens with zero attached hydrogens (tertiary/aromatic N) is 6. The van der Waals surface area contributed by atoms with E-state index in [2.05, 4.69) is 38.0 Å². The number of hydrogen-bond acceptors (Lipinski definition) is 5. The zero-order chi connectivity index (χ0) is 19.1. The molecule has 1 fully saturated rings. The monoisotopic (exact) mass is 376 g/mol. The number of rotatable bonds is 4. The van der Waals surface area contributed by atoms with Gasteiger partial charge in [0.2, 0.25) is 5.95 Å². The Bertz CT molecular complexity index is 1030. The highest BCUT2D eigenvalue weighted by molar-refractivity contribution is 5.42. The molecule has 3 atom stereocenters. The van der Waals surface area contributed by atoms with Crippen LogP contribution in [0.25, 0.3) is 5.69 Å². The predicted octanol–water partition coefficient (Wildman–Crippen LogP) is 2.79. The van der Waals surface area contributed by atoms with Gasteiger partial charge in [-0.05, 0) is 47.4 Å². The number of anilines is 1. The Hall–Kier alpha value is -2.96. The molecule has 2 bridgehead atoms. The van der Waals surface area contributed by atoms with Gasteiger partial charge in [0.15, 0.2) is 0 Å². The maximum atomic E-state index is 12.6. The van der Waals surface area contributed by atoms with Crippen molar-refractivity contribution in [3.8, 4) is 5.69 Å². The Morgan fingerprint density at radius 1 is 1.07 bits per heavy atom. The largest absolute Gasteiger partial charge is 0.338 e. The van der Waals surface area contributed by atoms with Gasteiger partial charge in [-0.25, -0.2) is 0 Å². The van der Waals surface area contributed by atoms with E-state index >= 15 is 0 Å². The molecule has 28 heavy (non-hydrogen) atoms. The number of piperidine rings is 1. The van der Waals surface area contributed by atoms with Crippen LogP contribution >= 0.6 is 0 Å². The summed E-state index contributed by atoms with van der Waals surface area (Å²) in [6.07, 6.45) is 3.21. The molecule has 1 aromatic carbocycles. The molecule has 2 aromatic heterocycles. The summed E-state index contributed by atoms with van der Waals surface area (Å²) in [6.45, 7) is 3.89. The summed E-state index contributed by atoms with van der Waals surface area (Å²) < 4.78 is 3.88. The summed E-state index contributed by atoms with van der Waals surface area (Å²) in [4.78, 5) is 14.9. The molecule has 5 rings (SSSR count). The standard InChI is InChI=1S/C21H24N6O/c1-2-7-18-15-12-16(19-10-6-11-20(28)26(18)19)14-25(13-15)21-22-23-24-27(21)17-8-4-3-5-9-17/h3-6,8-11,15-16,18H,2,7,12-14H2,1H3/t15-,16+,18-/m0/s1. The minimum Gasteiger partial charge on any atom is -0.338 e.